The molecule has 0 aliphatic heterocycles. The minimum absolute atomic E-state index is 0.0563. The highest BCUT2D eigenvalue weighted by Gasteiger charge is 2.14. The molecule has 0 spiro atoms. The molecule has 0 fully saturated rings. The van der Waals surface area contributed by atoms with Gasteiger partial charge in [-0.05, 0) is 74.9 Å². The third-order valence-electron chi connectivity index (χ3n) is 5.13. The molecule has 166 valence electrons. The molecule has 0 atom stereocenters. The summed E-state index contributed by atoms with van der Waals surface area (Å²) >= 11 is 0. The van der Waals surface area contributed by atoms with Crippen molar-refractivity contribution in [3.63, 3.8) is 0 Å². The van der Waals surface area contributed by atoms with Gasteiger partial charge in [-0.15, -0.1) is 0 Å². The number of nitrogens with one attached hydrogen (secondary N) is 1. The van der Waals surface area contributed by atoms with Crippen molar-refractivity contribution in [3.05, 3.63) is 83.7 Å². The third-order valence-corrected chi connectivity index (χ3v) is 5.13. The van der Waals surface area contributed by atoms with Crippen LogP contribution in [0.4, 0.5) is 5.69 Å². The molecule has 7 heteroatoms. The number of carbonyl (C=O) groups is 3. The van der Waals surface area contributed by atoms with Crippen molar-refractivity contribution in [2.75, 3.05) is 25.0 Å². The normalized spacial score (nSPS) is 10.5. The van der Waals surface area contributed by atoms with Crippen LogP contribution in [0.15, 0.2) is 67.0 Å². The van der Waals surface area contributed by atoms with Crippen molar-refractivity contribution in [3.8, 4) is 5.69 Å². The van der Waals surface area contributed by atoms with Gasteiger partial charge >= 0.3 is 5.97 Å². The Morgan fingerprint density at radius 1 is 0.938 bits per heavy atom. The summed E-state index contributed by atoms with van der Waals surface area (Å²) in [7, 11) is 0. The lowest BCUT2D eigenvalue weighted by molar-refractivity contribution is -0.119. The molecule has 7 nitrogen and oxygen atoms in total. The molecule has 2 amide bonds. The monoisotopic (exact) mass is 433 g/mol. The highest BCUT2D eigenvalue weighted by Crippen LogP contribution is 2.17. The van der Waals surface area contributed by atoms with Crippen LogP contribution in [0.5, 0.6) is 0 Å². The first-order valence-electron chi connectivity index (χ1n) is 10.5. The van der Waals surface area contributed by atoms with Crippen molar-refractivity contribution in [2.45, 2.75) is 20.8 Å². The van der Waals surface area contributed by atoms with Crippen LogP contribution in [-0.4, -0.2) is 46.9 Å². The molecular weight excluding hydrogens is 406 g/mol. The Balaban J connectivity index is 1.56. The average molecular weight is 434 g/mol. The average Bonchev–Trinajstić information content (AvgIpc) is 3.34. The van der Waals surface area contributed by atoms with Crippen LogP contribution in [0.25, 0.3) is 5.69 Å². The summed E-state index contributed by atoms with van der Waals surface area (Å²) in [5, 5.41) is 2.67. The molecular formula is C25H27N3O4. The summed E-state index contributed by atoms with van der Waals surface area (Å²) in [6.45, 7) is 6.66. The lowest BCUT2D eigenvalue weighted by Crippen LogP contribution is -2.30. The van der Waals surface area contributed by atoms with Crippen molar-refractivity contribution >= 4 is 23.5 Å². The number of nitrogens with zero attached hydrogens (tertiary/aromatic N) is 2. The maximum absolute atomic E-state index is 12.4. The number of amides is 2. The number of anilines is 1. The first kappa shape index (κ1) is 22.8. The molecule has 2 aromatic carbocycles. The second-order valence-electron chi connectivity index (χ2n) is 7.27. The zero-order valence-electron chi connectivity index (χ0n) is 18.5. The van der Waals surface area contributed by atoms with Gasteiger partial charge in [-0.3, -0.25) is 9.59 Å². The first-order valence-corrected chi connectivity index (χ1v) is 10.5. The minimum Gasteiger partial charge on any atom is -0.452 e. The number of aromatic nitrogens is 1. The van der Waals surface area contributed by atoms with Crippen molar-refractivity contribution in [2.24, 2.45) is 0 Å². The fourth-order valence-corrected chi connectivity index (χ4v) is 3.31. The Morgan fingerprint density at radius 3 is 2.19 bits per heavy atom. The Kier molecular flexibility index (Phi) is 7.44. The number of hydrogen-bond acceptors (Lipinski definition) is 4. The van der Waals surface area contributed by atoms with E-state index in [9.17, 15) is 14.4 Å². The molecule has 0 radical (unpaired) electrons. The van der Waals surface area contributed by atoms with Crippen LogP contribution < -0.4 is 5.32 Å². The zero-order valence-corrected chi connectivity index (χ0v) is 18.5. The highest BCUT2D eigenvalue weighted by atomic mass is 16.5. The molecule has 0 aliphatic carbocycles. The van der Waals surface area contributed by atoms with E-state index in [4.69, 9.17) is 4.74 Å². The van der Waals surface area contributed by atoms with Gasteiger partial charge in [0.2, 0.25) is 0 Å². The summed E-state index contributed by atoms with van der Waals surface area (Å²) in [4.78, 5) is 38.7. The lowest BCUT2D eigenvalue weighted by Gasteiger charge is -2.18. The number of benzene rings is 2. The number of hydrogen-bond donors (Lipinski definition) is 1. The smallest absolute Gasteiger partial charge is 0.338 e. The maximum Gasteiger partial charge on any atom is 0.338 e. The predicted molar refractivity (Wildman–Crippen MR) is 123 cm³/mol. The zero-order chi connectivity index (χ0) is 23.1. The Hall–Kier alpha value is -3.87. The summed E-state index contributed by atoms with van der Waals surface area (Å²) in [6, 6.07) is 15.7. The van der Waals surface area contributed by atoms with Gasteiger partial charge in [0.05, 0.1) is 5.56 Å². The van der Waals surface area contributed by atoms with E-state index in [0.717, 1.165) is 11.3 Å². The SMILES string of the molecule is CCN(CC)C(=O)c1ccc(NC(=O)COC(=O)c2ccc(C)c(-n3cccc3)c2)cc1. The van der Waals surface area contributed by atoms with Crippen LogP contribution >= 0.6 is 0 Å². The van der Waals surface area contributed by atoms with Crippen molar-refractivity contribution < 1.29 is 19.1 Å². The fourth-order valence-electron chi connectivity index (χ4n) is 3.31. The van der Waals surface area contributed by atoms with Crippen LogP contribution in [-0.2, 0) is 9.53 Å². The molecule has 0 saturated carbocycles. The second kappa shape index (κ2) is 10.4. The molecule has 0 unspecified atom stereocenters. The van der Waals surface area contributed by atoms with E-state index in [1.54, 1.807) is 41.3 Å². The van der Waals surface area contributed by atoms with Gasteiger partial charge in [0.15, 0.2) is 6.61 Å². The van der Waals surface area contributed by atoms with Gasteiger partial charge in [-0.25, -0.2) is 4.79 Å². The number of carbonyl (C=O) groups excluding carboxylic acids is 3. The number of ether oxygens (including phenoxy) is 1. The molecule has 0 aliphatic rings. The van der Waals surface area contributed by atoms with Gasteiger partial charge in [-0.2, -0.15) is 0 Å². The van der Waals surface area contributed by atoms with Gasteiger partial charge in [-0.1, -0.05) is 6.07 Å². The van der Waals surface area contributed by atoms with Crippen LogP contribution in [0, 0.1) is 6.92 Å². The van der Waals surface area contributed by atoms with Gasteiger partial charge < -0.3 is 19.5 Å². The summed E-state index contributed by atoms with van der Waals surface area (Å²) in [5.74, 6) is -1.09. The molecule has 3 aromatic rings. The van der Waals surface area contributed by atoms with E-state index in [1.165, 1.54) is 0 Å². The fraction of sp³-hybridized carbons (Fsp3) is 0.240. The minimum atomic E-state index is -0.575. The van der Waals surface area contributed by atoms with Crippen LogP contribution in [0.2, 0.25) is 0 Å². The number of rotatable bonds is 8. The molecule has 32 heavy (non-hydrogen) atoms. The maximum atomic E-state index is 12.4. The Bertz CT molecular complexity index is 1080. The van der Waals surface area contributed by atoms with E-state index < -0.39 is 18.5 Å². The van der Waals surface area contributed by atoms with Crippen LogP contribution in [0.3, 0.4) is 0 Å². The molecule has 1 aromatic heterocycles. The molecule has 1 N–H and O–H groups in total. The van der Waals surface area contributed by atoms with Gasteiger partial charge in [0.25, 0.3) is 11.8 Å². The van der Waals surface area contributed by atoms with Gasteiger partial charge in [0.1, 0.15) is 0 Å². The van der Waals surface area contributed by atoms with E-state index >= 15 is 0 Å². The Morgan fingerprint density at radius 2 is 1.56 bits per heavy atom. The van der Waals surface area contributed by atoms with E-state index in [1.807, 2.05) is 55.9 Å². The predicted octanol–water partition coefficient (Wildman–Crippen LogP) is 4.06. The third kappa shape index (κ3) is 5.43. The van der Waals surface area contributed by atoms with Crippen molar-refractivity contribution in [1.82, 2.24) is 9.47 Å². The standard InChI is InChI=1S/C25H27N3O4/c1-4-27(5-2)24(30)19-10-12-21(13-11-19)26-23(29)17-32-25(31)20-9-8-18(3)22(16-20)28-14-6-7-15-28/h6-16H,4-5,17H2,1-3H3,(H,26,29). The summed E-state index contributed by atoms with van der Waals surface area (Å²) in [5.41, 5.74) is 3.32. The molecule has 0 bridgehead atoms. The van der Waals surface area contributed by atoms with Crippen LogP contribution in [0.1, 0.15) is 40.1 Å². The van der Waals surface area contributed by atoms with Gasteiger partial charge in [0, 0.05) is 42.4 Å². The summed E-state index contributed by atoms with van der Waals surface area (Å²) in [6.07, 6.45) is 3.79. The second-order valence-corrected chi connectivity index (χ2v) is 7.27. The van der Waals surface area contributed by atoms with E-state index in [-0.39, 0.29) is 5.91 Å². The Labute approximate surface area is 187 Å². The highest BCUT2D eigenvalue weighted by molar-refractivity contribution is 5.97. The number of aryl methyl sites for hydroxylation is 1. The first-order chi connectivity index (χ1) is 15.4. The molecule has 1 heterocycles. The van der Waals surface area contributed by atoms with Crippen molar-refractivity contribution in [1.29, 1.82) is 0 Å². The molecule has 3 rings (SSSR count). The largest absolute Gasteiger partial charge is 0.452 e. The quantitative estimate of drug-likeness (QED) is 0.543. The summed E-state index contributed by atoms with van der Waals surface area (Å²) < 4.78 is 7.09. The number of esters is 1. The lowest BCUT2D eigenvalue weighted by atomic mass is 10.1. The van der Waals surface area contributed by atoms with E-state index in [0.29, 0.717) is 29.9 Å². The topological polar surface area (TPSA) is 80.6 Å². The molecule has 0 saturated heterocycles. The van der Waals surface area contributed by atoms with E-state index in [2.05, 4.69) is 5.32 Å².